The lowest BCUT2D eigenvalue weighted by Gasteiger charge is -2.36. The third-order valence-electron chi connectivity index (χ3n) is 4.99. The minimum absolute atomic E-state index is 0.00347. The van der Waals surface area contributed by atoms with Crippen molar-refractivity contribution in [1.82, 2.24) is 4.72 Å². The summed E-state index contributed by atoms with van der Waals surface area (Å²) < 4.78 is 26.3. The van der Waals surface area contributed by atoms with Crippen LogP contribution >= 0.6 is 0 Å². The van der Waals surface area contributed by atoms with Crippen molar-refractivity contribution in [2.45, 2.75) is 31.9 Å². The zero-order chi connectivity index (χ0) is 10.2. The highest BCUT2D eigenvalue weighted by atomic mass is 32.2. The number of sulfonamides is 1. The van der Waals surface area contributed by atoms with E-state index in [0.717, 1.165) is 6.42 Å². The Balaban J connectivity index is 2.17. The fourth-order valence-electron chi connectivity index (χ4n) is 3.84. The van der Waals surface area contributed by atoms with Crippen molar-refractivity contribution in [2.24, 2.45) is 16.7 Å². The summed E-state index contributed by atoms with van der Waals surface area (Å²) in [4.78, 5) is 0. The fraction of sp³-hybridized carbons (Fsp3) is 0.900. The van der Waals surface area contributed by atoms with Crippen LogP contribution in [0.1, 0.15) is 26.7 Å². The molecule has 2 unspecified atom stereocenters. The van der Waals surface area contributed by atoms with Gasteiger partial charge in [-0.3, -0.25) is 0 Å². The van der Waals surface area contributed by atoms with E-state index >= 15 is 0 Å². The van der Waals surface area contributed by atoms with Crippen LogP contribution in [-0.4, -0.2) is 20.2 Å². The lowest BCUT2D eigenvalue weighted by atomic mass is 9.69. The molecule has 2 aliphatic carbocycles. The van der Waals surface area contributed by atoms with E-state index in [1.807, 2.05) is 0 Å². The first-order valence-corrected chi connectivity index (χ1v) is 6.78. The zero-order valence-corrected chi connectivity index (χ0v) is 9.39. The smallest absolute Gasteiger partial charge is 0.214 e. The molecular weight excluding hydrogens is 198 g/mol. The molecule has 1 aliphatic heterocycles. The molecule has 2 bridgehead atoms. The average molecular weight is 214 g/mol. The van der Waals surface area contributed by atoms with E-state index in [-0.39, 0.29) is 16.1 Å². The van der Waals surface area contributed by atoms with E-state index in [4.69, 9.17) is 0 Å². The normalized spacial score (nSPS) is 52.1. The standard InChI is InChI=1S/C10H16NO2S/c1-9(2)7-3-4-10(9)6-11-14(12,13)8(10)5-7/h5,7-8,11H,3-4,6H2,1-2H3/t7?,8?,10-/m0/s1. The third kappa shape index (κ3) is 0.735. The van der Waals surface area contributed by atoms with Crippen molar-refractivity contribution >= 4 is 10.0 Å². The number of nitrogens with one attached hydrogen (secondary N) is 1. The second kappa shape index (κ2) is 2.19. The molecule has 14 heavy (non-hydrogen) atoms. The van der Waals surface area contributed by atoms with Gasteiger partial charge in [-0.25, -0.2) is 13.1 Å². The van der Waals surface area contributed by atoms with Crippen molar-refractivity contribution in [3.8, 4) is 0 Å². The molecule has 1 spiro atoms. The molecule has 2 saturated carbocycles. The highest BCUT2D eigenvalue weighted by Gasteiger charge is 2.70. The van der Waals surface area contributed by atoms with Crippen LogP contribution in [-0.2, 0) is 10.0 Å². The maximum absolute atomic E-state index is 11.8. The van der Waals surface area contributed by atoms with Gasteiger partial charge in [-0.1, -0.05) is 13.8 Å². The summed E-state index contributed by atoms with van der Waals surface area (Å²) in [6, 6.07) is 0. The van der Waals surface area contributed by atoms with Gasteiger partial charge in [-0.05, 0) is 30.6 Å². The van der Waals surface area contributed by atoms with Crippen molar-refractivity contribution < 1.29 is 8.42 Å². The van der Waals surface area contributed by atoms with E-state index < -0.39 is 10.0 Å². The lowest BCUT2D eigenvalue weighted by Crippen LogP contribution is -2.38. The first-order valence-electron chi connectivity index (χ1n) is 5.24. The molecule has 1 saturated heterocycles. The summed E-state index contributed by atoms with van der Waals surface area (Å²) in [6.45, 7) is 5.10. The molecule has 3 aliphatic rings. The Morgan fingerprint density at radius 2 is 2.14 bits per heavy atom. The molecule has 1 heterocycles. The van der Waals surface area contributed by atoms with Gasteiger partial charge in [0.2, 0.25) is 10.0 Å². The summed E-state index contributed by atoms with van der Waals surface area (Å²) in [7, 11) is -3.04. The van der Waals surface area contributed by atoms with Gasteiger partial charge >= 0.3 is 0 Å². The third-order valence-corrected chi connectivity index (χ3v) is 6.81. The summed E-state index contributed by atoms with van der Waals surface area (Å²) in [6.07, 6.45) is 4.32. The van der Waals surface area contributed by atoms with Crippen molar-refractivity contribution in [1.29, 1.82) is 0 Å². The van der Waals surface area contributed by atoms with Crippen LogP contribution in [0.3, 0.4) is 0 Å². The molecule has 3 nitrogen and oxygen atoms in total. The minimum Gasteiger partial charge on any atom is -0.214 e. The summed E-state index contributed by atoms with van der Waals surface area (Å²) in [5.41, 5.74) is 0.157. The van der Waals surface area contributed by atoms with Crippen LogP contribution in [0.2, 0.25) is 0 Å². The molecule has 1 radical (unpaired) electrons. The molecule has 3 atom stereocenters. The van der Waals surface area contributed by atoms with E-state index in [1.54, 1.807) is 0 Å². The maximum Gasteiger partial charge on any atom is 0.215 e. The predicted octanol–water partition coefficient (Wildman–Crippen LogP) is 0.928. The molecule has 3 rings (SSSR count). The van der Waals surface area contributed by atoms with E-state index in [0.29, 0.717) is 12.5 Å². The Morgan fingerprint density at radius 1 is 1.43 bits per heavy atom. The van der Waals surface area contributed by atoms with Gasteiger partial charge in [-0.2, -0.15) is 0 Å². The SMILES string of the molecule is CC1(C)C2[CH]C3[C@]1(CC2)CNS3(=O)=O. The van der Waals surface area contributed by atoms with E-state index in [1.165, 1.54) is 6.42 Å². The van der Waals surface area contributed by atoms with Crippen molar-refractivity contribution in [3.05, 3.63) is 6.42 Å². The predicted molar refractivity (Wildman–Crippen MR) is 53.9 cm³/mol. The molecule has 0 amide bonds. The second-order valence-electron chi connectivity index (χ2n) is 5.50. The fourth-order valence-corrected chi connectivity index (χ4v) is 5.98. The number of hydrogen-bond acceptors (Lipinski definition) is 2. The van der Waals surface area contributed by atoms with Gasteiger partial charge in [0.05, 0.1) is 5.25 Å². The number of fused-ring (bicyclic) bond motifs is 1. The van der Waals surface area contributed by atoms with Crippen molar-refractivity contribution in [3.63, 3.8) is 0 Å². The minimum atomic E-state index is -3.04. The first kappa shape index (κ1) is 9.16. The molecular formula is C10H16NO2S. The zero-order valence-electron chi connectivity index (χ0n) is 8.58. The van der Waals surface area contributed by atoms with Gasteiger partial charge < -0.3 is 0 Å². The van der Waals surface area contributed by atoms with Crippen LogP contribution in [0, 0.1) is 23.2 Å². The van der Waals surface area contributed by atoms with Crippen molar-refractivity contribution in [2.75, 3.05) is 6.54 Å². The molecule has 0 aromatic carbocycles. The van der Waals surface area contributed by atoms with Gasteiger partial charge in [0.15, 0.2) is 0 Å². The Morgan fingerprint density at radius 3 is 2.71 bits per heavy atom. The molecule has 4 heteroatoms. The highest BCUT2D eigenvalue weighted by molar-refractivity contribution is 7.90. The molecule has 1 N–H and O–H groups in total. The maximum atomic E-state index is 11.8. The molecule has 0 aromatic heterocycles. The quantitative estimate of drug-likeness (QED) is 0.652. The van der Waals surface area contributed by atoms with Crippen LogP contribution in [0.4, 0.5) is 0 Å². The van der Waals surface area contributed by atoms with Crippen LogP contribution < -0.4 is 4.72 Å². The lowest BCUT2D eigenvalue weighted by molar-refractivity contribution is 0.147. The number of rotatable bonds is 0. The monoisotopic (exact) mass is 214 g/mol. The van der Waals surface area contributed by atoms with Gasteiger partial charge in [0.25, 0.3) is 0 Å². The summed E-state index contributed by atoms with van der Waals surface area (Å²) in [5.74, 6) is 0.504. The average Bonchev–Trinajstić information content (AvgIpc) is 2.60. The van der Waals surface area contributed by atoms with Gasteiger partial charge in [0.1, 0.15) is 0 Å². The Hall–Kier alpha value is -0.0900. The van der Waals surface area contributed by atoms with Crippen LogP contribution in [0.25, 0.3) is 0 Å². The summed E-state index contributed by atoms with van der Waals surface area (Å²) in [5, 5.41) is -0.219. The molecule has 0 aromatic rings. The van der Waals surface area contributed by atoms with Gasteiger partial charge in [0, 0.05) is 12.0 Å². The Kier molecular flexibility index (Phi) is 1.43. The van der Waals surface area contributed by atoms with Crippen LogP contribution in [0.15, 0.2) is 0 Å². The largest absolute Gasteiger partial charge is 0.215 e. The van der Waals surface area contributed by atoms with Gasteiger partial charge in [-0.15, -0.1) is 0 Å². The van der Waals surface area contributed by atoms with E-state index in [9.17, 15) is 8.42 Å². The molecule has 79 valence electrons. The Bertz CT molecular complexity index is 387. The first-order chi connectivity index (χ1) is 6.40. The molecule has 3 fully saturated rings. The second-order valence-corrected chi connectivity index (χ2v) is 7.39. The topological polar surface area (TPSA) is 46.2 Å². The number of hydrogen-bond donors (Lipinski definition) is 1. The van der Waals surface area contributed by atoms with Crippen LogP contribution in [0.5, 0.6) is 0 Å². The Labute approximate surface area is 85.3 Å². The van der Waals surface area contributed by atoms with E-state index in [2.05, 4.69) is 25.0 Å². The summed E-state index contributed by atoms with van der Waals surface area (Å²) >= 11 is 0. The highest BCUT2D eigenvalue weighted by Crippen LogP contribution is 2.68.